The molecule has 0 saturated heterocycles. The van der Waals surface area contributed by atoms with Gasteiger partial charge < -0.3 is 9.29 Å². The van der Waals surface area contributed by atoms with Crippen LogP contribution in [-0.4, -0.2) is 15.7 Å². The van der Waals surface area contributed by atoms with Gasteiger partial charge in [0.1, 0.15) is 16.3 Å². The molecule has 1 unspecified atom stereocenters. The van der Waals surface area contributed by atoms with Gasteiger partial charge in [-0.15, -0.1) is 17.9 Å². The van der Waals surface area contributed by atoms with Gasteiger partial charge in [-0.2, -0.15) is 0 Å². The van der Waals surface area contributed by atoms with Gasteiger partial charge in [0, 0.05) is 23.0 Å². The van der Waals surface area contributed by atoms with E-state index in [0.717, 1.165) is 6.07 Å². The summed E-state index contributed by atoms with van der Waals surface area (Å²) < 4.78 is 67.7. The number of alkyl halides is 3. The quantitative estimate of drug-likeness (QED) is 0.675. The molecular weight excluding hydrogens is 310 g/mol. The van der Waals surface area contributed by atoms with Crippen LogP contribution in [0, 0.1) is 5.82 Å². The molecule has 2 atom stereocenters. The van der Waals surface area contributed by atoms with Gasteiger partial charge in [0.25, 0.3) is 0 Å². The summed E-state index contributed by atoms with van der Waals surface area (Å²) in [4.78, 5) is 0. The minimum Gasteiger partial charge on any atom is -0.598 e. The maximum absolute atomic E-state index is 13.8. The van der Waals surface area contributed by atoms with Crippen LogP contribution < -0.4 is 9.46 Å². The minimum absolute atomic E-state index is 0.113. The second-order valence-electron chi connectivity index (χ2n) is 5.45. The molecule has 1 N–H and O–H groups in total. The van der Waals surface area contributed by atoms with Crippen molar-refractivity contribution in [3.63, 3.8) is 0 Å². The summed E-state index contributed by atoms with van der Waals surface area (Å²) in [7, 11) is 0. The number of benzene rings is 1. The van der Waals surface area contributed by atoms with Crippen LogP contribution in [0.3, 0.4) is 0 Å². The van der Waals surface area contributed by atoms with Crippen LogP contribution in [0.25, 0.3) is 0 Å². The maximum Gasteiger partial charge on any atom is 0.573 e. The Hall–Kier alpha value is -0.990. The monoisotopic (exact) mass is 327 g/mol. The highest BCUT2D eigenvalue weighted by Gasteiger charge is 2.32. The lowest BCUT2D eigenvalue weighted by Gasteiger charge is -2.26. The molecule has 8 heteroatoms. The third-order valence-electron chi connectivity index (χ3n) is 2.51. The lowest BCUT2D eigenvalue weighted by Crippen LogP contribution is -2.40. The predicted molar refractivity (Wildman–Crippen MR) is 72.5 cm³/mol. The number of nitrogens with one attached hydrogen (secondary N) is 1. The highest BCUT2D eigenvalue weighted by molar-refractivity contribution is 7.90. The Bertz CT molecular complexity index is 488. The van der Waals surface area contributed by atoms with Crippen molar-refractivity contribution in [2.45, 2.75) is 44.8 Å². The number of hydrogen-bond acceptors (Lipinski definition) is 3. The van der Waals surface area contributed by atoms with Gasteiger partial charge in [-0.05, 0) is 33.8 Å². The number of rotatable bonds is 4. The van der Waals surface area contributed by atoms with Crippen LogP contribution in [0.4, 0.5) is 17.6 Å². The molecule has 0 amide bonds. The van der Waals surface area contributed by atoms with Crippen LogP contribution in [0.1, 0.15) is 39.3 Å². The van der Waals surface area contributed by atoms with Crippen molar-refractivity contribution in [1.29, 1.82) is 0 Å². The molecule has 120 valence electrons. The summed E-state index contributed by atoms with van der Waals surface area (Å²) in [6.45, 7) is 6.82. The van der Waals surface area contributed by atoms with Crippen molar-refractivity contribution in [2.24, 2.45) is 0 Å². The van der Waals surface area contributed by atoms with Crippen molar-refractivity contribution in [2.75, 3.05) is 0 Å². The lowest BCUT2D eigenvalue weighted by atomic mass is 10.1. The highest BCUT2D eigenvalue weighted by Crippen LogP contribution is 2.27. The zero-order valence-electron chi connectivity index (χ0n) is 12.0. The standard InChI is InChI=1S/C13H17F4NO2S/c1-8(18-21(19)12(2,3)4)10-6-5-9(7-11(10)14)20-13(15,16)17/h5-8,18H,1-4H3/t8?,21-/m0/s1. The van der Waals surface area contributed by atoms with Crippen LogP contribution in [0.2, 0.25) is 0 Å². The van der Waals surface area contributed by atoms with Crippen molar-refractivity contribution >= 4 is 11.4 Å². The van der Waals surface area contributed by atoms with Gasteiger partial charge in [-0.1, -0.05) is 6.07 Å². The Balaban J connectivity index is 2.85. The Kier molecular flexibility index (Phi) is 5.51. The minimum atomic E-state index is -4.87. The maximum atomic E-state index is 13.8. The molecule has 0 spiro atoms. The molecule has 0 saturated carbocycles. The molecule has 0 fully saturated rings. The van der Waals surface area contributed by atoms with Gasteiger partial charge in [0.15, 0.2) is 0 Å². The molecule has 0 aliphatic heterocycles. The molecule has 3 nitrogen and oxygen atoms in total. The fourth-order valence-corrected chi connectivity index (χ4v) is 2.26. The normalized spacial score (nSPS) is 15.7. The zero-order valence-corrected chi connectivity index (χ0v) is 12.9. The summed E-state index contributed by atoms with van der Waals surface area (Å²) >= 11 is -1.43. The smallest absolute Gasteiger partial charge is 0.573 e. The first kappa shape index (κ1) is 18.1. The van der Waals surface area contributed by atoms with E-state index >= 15 is 0 Å². The summed E-state index contributed by atoms with van der Waals surface area (Å²) in [5.74, 6) is -1.49. The SMILES string of the molecule is CC(N[S@@+]([O-])C(C)(C)C)c1ccc(OC(F)(F)F)cc1F. The molecule has 0 heterocycles. The summed E-state index contributed by atoms with van der Waals surface area (Å²) in [5.41, 5.74) is 0.113. The third-order valence-corrected chi connectivity index (χ3v) is 4.19. The van der Waals surface area contributed by atoms with E-state index in [2.05, 4.69) is 9.46 Å². The first-order valence-electron chi connectivity index (χ1n) is 6.13. The highest BCUT2D eigenvalue weighted by atomic mass is 32.2. The van der Waals surface area contributed by atoms with E-state index in [1.807, 2.05) is 0 Å². The van der Waals surface area contributed by atoms with E-state index in [0.29, 0.717) is 6.07 Å². The van der Waals surface area contributed by atoms with E-state index in [9.17, 15) is 22.1 Å². The number of halogens is 4. The van der Waals surface area contributed by atoms with Crippen molar-refractivity contribution in [3.05, 3.63) is 29.6 Å². The van der Waals surface area contributed by atoms with E-state index in [4.69, 9.17) is 0 Å². The Morgan fingerprint density at radius 1 is 1.24 bits per heavy atom. The summed E-state index contributed by atoms with van der Waals surface area (Å²) in [5, 5.41) is 0. The van der Waals surface area contributed by atoms with Gasteiger partial charge in [0.2, 0.25) is 0 Å². The Morgan fingerprint density at radius 3 is 2.24 bits per heavy atom. The topological polar surface area (TPSA) is 44.3 Å². The largest absolute Gasteiger partial charge is 0.598 e. The zero-order chi connectivity index (χ0) is 16.4. The first-order valence-corrected chi connectivity index (χ1v) is 7.28. The average molecular weight is 327 g/mol. The first-order chi connectivity index (χ1) is 9.40. The van der Waals surface area contributed by atoms with Gasteiger partial charge in [-0.3, -0.25) is 0 Å². The molecule has 1 rings (SSSR count). The lowest BCUT2D eigenvalue weighted by molar-refractivity contribution is -0.274. The van der Waals surface area contributed by atoms with Crippen molar-refractivity contribution in [3.8, 4) is 5.75 Å². The van der Waals surface area contributed by atoms with Crippen LogP contribution in [0.5, 0.6) is 5.75 Å². The van der Waals surface area contributed by atoms with E-state index in [-0.39, 0.29) is 5.56 Å². The van der Waals surface area contributed by atoms with Crippen LogP contribution in [0.15, 0.2) is 18.2 Å². The second kappa shape index (κ2) is 6.41. The van der Waals surface area contributed by atoms with Crippen LogP contribution in [-0.2, 0) is 11.4 Å². The van der Waals surface area contributed by atoms with Gasteiger partial charge in [-0.25, -0.2) is 4.39 Å². The average Bonchev–Trinajstić information content (AvgIpc) is 2.24. The van der Waals surface area contributed by atoms with Crippen molar-refractivity contribution in [1.82, 2.24) is 4.72 Å². The van der Waals surface area contributed by atoms with E-state index in [1.54, 1.807) is 27.7 Å². The Labute approximate surface area is 124 Å². The third kappa shape index (κ3) is 5.72. The van der Waals surface area contributed by atoms with Gasteiger partial charge >= 0.3 is 6.36 Å². The molecule has 0 bridgehead atoms. The molecular formula is C13H17F4NO2S. The number of ether oxygens (including phenoxy) is 1. The molecule has 21 heavy (non-hydrogen) atoms. The molecule has 1 aromatic carbocycles. The molecule has 0 aromatic heterocycles. The van der Waals surface area contributed by atoms with E-state index in [1.165, 1.54) is 6.07 Å². The van der Waals surface area contributed by atoms with Crippen LogP contribution >= 0.6 is 0 Å². The fraction of sp³-hybridized carbons (Fsp3) is 0.538. The Morgan fingerprint density at radius 2 is 1.81 bits per heavy atom. The summed E-state index contributed by atoms with van der Waals surface area (Å²) in [6, 6.07) is 2.23. The molecule has 0 radical (unpaired) electrons. The van der Waals surface area contributed by atoms with Gasteiger partial charge in [0.05, 0.1) is 6.04 Å². The van der Waals surface area contributed by atoms with Crippen molar-refractivity contribution < 1.29 is 26.9 Å². The molecule has 1 aromatic rings. The molecule has 0 aliphatic rings. The molecule has 0 aliphatic carbocycles. The second-order valence-corrected chi connectivity index (χ2v) is 7.45. The summed E-state index contributed by atoms with van der Waals surface area (Å²) in [6.07, 6.45) is -4.87. The predicted octanol–water partition coefficient (Wildman–Crippen LogP) is 3.84. The number of hydrogen-bond donors (Lipinski definition) is 1. The fourth-order valence-electron chi connectivity index (χ4n) is 1.46. The van der Waals surface area contributed by atoms with E-state index < -0.39 is 40.1 Å².